The van der Waals surface area contributed by atoms with Crippen LogP contribution in [-0.4, -0.2) is 17.6 Å². The van der Waals surface area contributed by atoms with Crippen molar-refractivity contribution in [1.82, 2.24) is 5.32 Å². The Kier molecular flexibility index (Phi) is 5.57. The van der Waals surface area contributed by atoms with Crippen LogP contribution < -0.4 is 5.32 Å². The van der Waals surface area contributed by atoms with Crippen molar-refractivity contribution in [3.8, 4) is 0 Å². The summed E-state index contributed by atoms with van der Waals surface area (Å²) in [4.78, 5) is 26.1. The van der Waals surface area contributed by atoms with Crippen LogP contribution in [0.5, 0.6) is 0 Å². The molecule has 4 unspecified atom stereocenters. The molecule has 0 spiro atoms. The van der Waals surface area contributed by atoms with E-state index in [-0.39, 0.29) is 35.4 Å². The zero-order valence-corrected chi connectivity index (χ0v) is 19.9. The van der Waals surface area contributed by atoms with Gasteiger partial charge in [-0.25, -0.2) is 0 Å². The standard InChI is InChI=1S/C26H21Br2NO2/c27-19-7-1-15(2-8-19)25(30)17-5-11-23-21(13-17)22-14-18(6-12-24(22)29-23)26(31)16-3-9-20(28)10-4-16/h1-12,17-18,21,23,29H,13-14H2. The molecule has 0 bridgehead atoms. The maximum atomic E-state index is 13.1. The average molecular weight is 539 g/mol. The van der Waals surface area contributed by atoms with E-state index in [0.717, 1.165) is 32.2 Å². The Bertz CT molecular complexity index is 1130. The molecule has 2 aromatic carbocycles. The maximum absolute atomic E-state index is 13.1. The Morgan fingerprint density at radius 2 is 1.35 bits per heavy atom. The van der Waals surface area contributed by atoms with Gasteiger partial charge in [-0.3, -0.25) is 9.59 Å². The fourth-order valence-corrected chi connectivity index (χ4v) is 5.36. The molecule has 0 amide bonds. The normalized spacial score (nSPS) is 26.3. The summed E-state index contributed by atoms with van der Waals surface area (Å²) in [7, 11) is 0. The summed E-state index contributed by atoms with van der Waals surface area (Å²) < 4.78 is 1.93. The Morgan fingerprint density at radius 1 is 0.774 bits per heavy atom. The molecule has 1 heterocycles. The first kappa shape index (κ1) is 20.7. The van der Waals surface area contributed by atoms with E-state index in [1.807, 2.05) is 60.7 Å². The molecule has 4 atom stereocenters. The first-order valence-corrected chi connectivity index (χ1v) is 12.0. The number of nitrogens with one attached hydrogen (secondary N) is 1. The third kappa shape index (κ3) is 4.01. The van der Waals surface area contributed by atoms with Crippen LogP contribution in [0.1, 0.15) is 33.6 Å². The lowest BCUT2D eigenvalue weighted by molar-refractivity contribution is 0.0917. The van der Waals surface area contributed by atoms with Gasteiger partial charge in [-0.2, -0.15) is 0 Å². The van der Waals surface area contributed by atoms with Gasteiger partial charge in [0.1, 0.15) is 0 Å². The highest BCUT2D eigenvalue weighted by Crippen LogP contribution is 2.42. The van der Waals surface area contributed by atoms with E-state index >= 15 is 0 Å². The molecule has 0 aromatic heterocycles. The second-order valence-corrected chi connectivity index (χ2v) is 10.2. The average Bonchev–Trinajstić information content (AvgIpc) is 3.16. The number of fused-ring (bicyclic) bond motifs is 2. The van der Waals surface area contributed by atoms with Gasteiger partial charge >= 0.3 is 0 Å². The Labute approximate surface area is 198 Å². The van der Waals surface area contributed by atoms with E-state index in [9.17, 15) is 9.59 Å². The Balaban J connectivity index is 1.33. The van der Waals surface area contributed by atoms with Crippen LogP contribution in [0, 0.1) is 17.8 Å². The van der Waals surface area contributed by atoms with Crippen LogP contribution in [0.15, 0.2) is 93.1 Å². The Hall–Kier alpha value is -2.24. The molecular weight excluding hydrogens is 518 g/mol. The van der Waals surface area contributed by atoms with Crippen molar-refractivity contribution in [1.29, 1.82) is 0 Å². The smallest absolute Gasteiger partial charge is 0.170 e. The predicted molar refractivity (Wildman–Crippen MR) is 129 cm³/mol. The zero-order chi connectivity index (χ0) is 21.5. The van der Waals surface area contributed by atoms with Crippen molar-refractivity contribution < 1.29 is 9.59 Å². The molecule has 1 aliphatic heterocycles. The molecule has 2 aromatic rings. The minimum absolute atomic E-state index is 0.136. The van der Waals surface area contributed by atoms with Crippen molar-refractivity contribution >= 4 is 43.4 Å². The van der Waals surface area contributed by atoms with Crippen LogP contribution in [0.3, 0.4) is 0 Å². The number of rotatable bonds is 4. The van der Waals surface area contributed by atoms with Crippen molar-refractivity contribution in [2.75, 3.05) is 0 Å². The SMILES string of the molecule is O=C(c1ccc(Br)cc1)C1C=CC2=C(C1)C1CC(C(=O)c3ccc(Br)cc3)C=CC1N2. The number of benzene rings is 2. The van der Waals surface area contributed by atoms with E-state index in [1.165, 1.54) is 5.57 Å². The molecule has 1 N–H and O–H groups in total. The lowest BCUT2D eigenvalue weighted by atomic mass is 9.74. The number of halogens is 2. The van der Waals surface area contributed by atoms with Gasteiger partial charge in [0.15, 0.2) is 11.6 Å². The monoisotopic (exact) mass is 537 g/mol. The second-order valence-electron chi connectivity index (χ2n) is 8.35. The van der Waals surface area contributed by atoms with Crippen LogP contribution in [0.2, 0.25) is 0 Å². The molecule has 3 aliphatic rings. The van der Waals surface area contributed by atoms with E-state index < -0.39 is 0 Å². The van der Waals surface area contributed by atoms with Gasteiger partial charge in [0.05, 0.1) is 6.04 Å². The number of ketones is 2. The highest BCUT2D eigenvalue weighted by atomic mass is 79.9. The molecule has 3 nitrogen and oxygen atoms in total. The van der Waals surface area contributed by atoms with Crippen LogP contribution in [0.25, 0.3) is 0 Å². The summed E-state index contributed by atoms with van der Waals surface area (Å²) in [5.74, 6) is 0.252. The third-order valence-corrected chi connectivity index (χ3v) is 7.53. The predicted octanol–water partition coefficient (Wildman–Crippen LogP) is 6.27. The Morgan fingerprint density at radius 3 is 1.97 bits per heavy atom. The van der Waals surface area contributed by atoms with Gasteiger partial charge in [-0.15, -0.1) is 0 Å². The first-order valence-electron chi connectivity index (χ1n) is 10.5. The molecule has 5 rings (SSSR count). The van der Waals surface area contributed by atoms with Gasteiger partial charge in [-0.05, 0) is 48.8 Å². The summed E-state index contributed by atoms with van der Waals surface area (Å²) in [5, 5.41) is 3.58. The number of Topliss-reactive ketones (excluding diaryl/α,β-unsaturated/α-hetero) is 2. The molecule has 5 heteroatoms. The summed E-state index contributed by atoms with van der Waals surface area (Å²) in [6.07, 6.45) is 9.73. The van der Waals surface area contributed by atoms with Gasteiger partial charge in [-0.1, -0.05) is 74.4 Å². The summed E-state index contributed by atoms with van der Waals surface area (Å²) >= 11 is 6.85. The summed E-state index contributed by atoms with van der Waals surface area (Å²) in [6, 6.07) is 15.3. The van der Waals surface area contributed by atoms with Crippen molar-refractivity contribution in [2.24, 2.45) is 17.8 Å². The molecule has 2 aliphatic carbocycles. The second kappa shape index (κ2) is 8.36. The number of carbonyl (C=O) groups excluding carboxylic acids is 2. The minimum atomic E-state index is -0.160. The van der Waals surface area contributed by atoms with Crippen LogP contribution in [0.4, 0.5) is 0 Å². The number of hydrogen-bond donors (Lipinski definition) is 1. The quantitative estimate of drug-likeness (QED) is 0.368. The number of allylic oxidation sites excluding steroid dienone is 3. The molecule has 0 fully saturated rings. The topological polar surface area (TPSA) is 46.2 Å². The lowest BCUT2D eigenvalue weighted by Gasteiger charge is -2.29. The fraction of sp³-hybridized carbons (Fsp3) is 0.231. The first-order chi connectivity index (χ1) is 15.0. The van der Waals surface area contributed by atoms with Crippen molar-refractivity contribution in [3.63, 3.8) is 0 Å². The van der Waals surface area contributed by atoms with Gasteiger partial charge in [0.2, 0.25) is 0 Å². The van der Waals surface area contributed by atoms with E-state index in [2.05, 4.69) is 49.3 Å². The third-order valence-electron chi connectivity index (χ3n) is 6.47. The van der Waals surface area contributed by atoms with Crippen molar-refractivity contribution in [2.45, 2.75) is 18.9 Å². The summed E-state index contributed by atoms with van der Waals surface area (Å²) in [6.45, 7) is 0. The number of carbonyl (C=O) groups is 2. The fourth-order valence-electron chi connectivity index (χ4n) is 4.83. The maximum Gasteiger partial charge on any atom is 0.170 e. The van der Waals surface area contributed by atoms with Crippen LogP contribution in [-0.2, 0) is 0 Å². The highest BCUT2D eigenvalue weighted by Gasteiger charge is 2.40. The van der Waals surface area contributed by atoms with Crippen LogP contribution >= 0.6 is 31.9 Å². The summed E-state index contributed by atoms with van der Waals surface area (Å²) in [5.41, 5.74) is 3.87. The van der Waals surface area contributed by atoms with Gasteiger partial charge in [0, 0.05) is 43.5 Å². The van der Waals surface area contributed by atoms with E-state index in [0.29, 0.717) is 6.42 Å². The molecule has 31 heavy (non-hydrogen) atoms. The zero-order valence-electron chi connectivity index (χ0n) is 16.7. The molecule has 0 saturated carbocycles. The van der Waals surface area contributed by atoms with Gasteiger partial charge in [0.25, 0.3) is 0 Å². The molecule has 0 saturated heterocycles. The molecule has 0 radical (unpaired) electrons. The van der Waals surface area contributed by atoms with Crippen molar-refractivity contribution in [3.05, 3.63) is 104 Å². The number of hydrogen-bond acceptors (Lipinski definition) is 3. The van der Waals surface area contributed by atoms with E-state index in [1.54, 1.807) is 0 Å². The minimum Gasteiger partial charge on any atom is -0.378 e. The largest absolute Gasteiger partial charge is 0.378 e. The lowest BCUT2D eigenvalue weighted by Crippen LogP contribution is -2.33. The molecular formula is C26H21Br2NO2. The molecule has 156 valence electrons. The van der Waals surface area contributed by atoms with E-state index in [4.69, 9.17) is 0 Å². The van der Waals surface area contributed by atoms with Gasteiger partial charge < -0.3 is 5.32 Å². The highest BCUT2D eigenvalue weighted by molar-refractivity contribution is 9.10.